The van der Waals surface area contributed by atoms with Gasteiger partial charge < -0.3 is 9.64 Å². The molecule has 0 aliphatic rings. The zero-order chi connectivity index (χ0) is 14.9. The molecule has 1 N–H and O–H groups in total. The molecule has 0 saturated heterocycles. The number of hydrogen-bond donors (Lipinski definition) is 1. The average Bonchev–Trinajstić information content (AvgIpc) is 2.80. The van der Waals surface area contributed by atoms with Gasteiger partial charge in [-0.15, -0.1) is 5.10 Å². The van der Waals surface area contributed by atoms with E-state index in [1.54, 1.807) is 19.0 Å². The van der Waals surface area contributed by atoms with Crippen molar-refractivity contribution in [3.8, 4) is 17.5 Å². The minimum absolute atomic E-state index is 0.0465. The van der Waals surface area contributed by atoms with Crippen LogP contribution in [0.5, 0.6) is 5.75 Å². The standard InChI is InChI=1S/C12H12FN5O2/c1-17(2)11-15-12(19)18(16-11)9-5-10(20-3)7(6-14)4-8(9)13/h4-5H,1-3H3,(H,15,16,19). The molecule has 2 rings (SSSR count). The van der Waals surface area contributed by atoms with Crippen LogP contribution in [0.25, 0.3) is 5.69 Å². The van der Waals surface area contributed by atoms with Gasteiger partial charge in [0.1, 0.15) is 17.5 Å². The van der Waals surface area contributed by atoms with Crippen LogP contribution in [-0.2, 0) is 0 Å². The van der Waals surface area contributed by atoms with Gasteiger partial charge in [-0.3, -0.25) is 4.98 Å². The lowest BCUT2D eigenvalue weighted by Crippen LogP contribution is -2.17. The second kappa shape index (κ2) is 5.05. The molecule has 0 aliphatic heterocycles. The third kappa shape index (κ3) is 2.21. The lowest BCUT2D eigenvalue weighted by atomic mass is 10.2. The Hall–Kier alpha value is -2.82. The molecule has 8 heteroatoms. The predicted molar refractivity (Wildman–Crippen MR) is 69.7 cm³/mol. The third-order valence-electron chi connectivity index (χ3n) is 2.65. The van der Waals surface area contributed by atoms with Gasteiger partial charge in [0.05, 0.1) is 12.7 Å². The van der Waals surface area contributed by atoms with Crippen LogP contribution < -0.4 is 15.3 Å². The van der Waals surface area contributed by atoms with Crippen molar-refractivity contribution in [2.24, 2.45) is 0 Å². The van der Waals surface area contributed by atoms with Gasteiger partial charge >= 0.3 is 5.69 Å². The summed E-state index contributed by atoms with van der Waals surface area (Å²) in [6, 6.07) is 4.08. The average molecular weight is 277 g/mol. The first kappa shape index (κ1) is 13.6. The van der Waals surface area contributed by atoms with E-state index in [0.717, 1.165) is 10.7 Å². The molecular weight excluding hydrogens is 265 g/mol. The molecular formula is C12H12FN5O2. The first-order valence-corrected chi connectivity index (χ1v) is 5.62. The maximum absolute atomic E-state index is 14.0. The fourth-order valence-electron chi connectivity index (χ4n) is 1.64. The summed E-state index contributed by atoms with van der Waals surface area (Å²) in [5.41, 5.74) is -0.625. The molecule has 0 fully saturated rings. The van der Waals surface area contributed by atoms with Crippen LogP contribution in [0.15, 0.2) is 16.9 Å². The zero-order valence-corrected chi connectivity index (χ0v) is 11.1. The van der Waals surface area contributed by atoms with Crippen LogP contribution in [0.4, 0.5) is 10.3 Å². The van der Waals surface area contributed by atoms with Crippen LogP contribution in [0, 0.1) is 17.1 Å². The van der Waals surface area contributed by atoms with Gasteiger partial charge in [0.2, 0.25) is 5.95 Å². The number of methoxy groups -OCH3 is 1. The number of nitrogens with one attached hydrogen (secondary N) is 1. The molecule has 0 spiro atoms. The third-order valence-corrected chi connectivity index (χ3v) is 2.65. The van der Waals surface area contributed by atoms with Crippen molar-refractivity contribution in [3.63, 3.8) is 0 Å². The number of nitriles is 1. The number of ether oxygens (including phenoxy) is 1. The van der Waals surface area contributed by atoms with E-state index in [9.17, 15) is 9.18 Å². The Balaban J connectivity index is 2.64. The Morgan fingerprint density at radius 3 is 2.70 bits per heavy atom. The number of nitrogens with zero attached hydrogens (tertiary/aromatic N) is 4. The first-order chi connectivity index (χ1) is 9.47. The lowest BCUT2D eigenvalue weighted by Gasteiger charge is -2.08. The first-order valence-electron chi connectivity index (χ1n) is 5.62. The SMILES string of the molecule is COc1cc(-n2nc(N(C)C)[nH]c2=O)c(F)cc1C#N. The molecule has 1 aromatic carbocycles. The van der Waals surface area contributed by atoms with E-state index in [0.29, 0.717) is 0 Å². The van der Waals surface area contributed by atoms with Crippen LogP contribution in [-0.4, -0.2) is 36.0 Å². The molecule has 20 heavy (non-hydrogen) atoms. The summed E-state index contributed by atoms with van der Waals surface area (Å²) in [5.74, 6) is -0.274. The van der Waals surface area contributed by atoms with Crippen molar-refractivity contribution < 1.29 is 9.13 Å². The van der Waals surface area contributed by atoms with Crippen LogP contribution >= 0.6 is 0 Å². The number of benzene rings is 1. The quantitative estimate of drug-likeness (QED) is 0.890. The summed E-state index contributed by atoms with van der Waals surface area (Å²) in [7, 11) is 4.74. The maximum Gasteiger partial charge on any atom is 0.349 e. The van der Waals surface area contributed by atoms with Crippen molar-refractivity contribution in [3.05, 3.63) is 34.0 Å². The van der Waals surface area contributed by atoms with E-state index >= 15 is 0 Å². The Labute approximate surface area is 113 Å². The molecule has 0 aliphatic carbocycles. The molecule has 7 nitrogen and oxygen atoms in total. The highest BCUT2D eigenvalue weighted by Crippen LogP contribution is 2.24. The number of hydrogen-bond acceptors (Lipinski definition) is 5. The van der Waals surface area contributed by atoms with E-state index in [1.807, 2.05) is 6.07 Å². The monoisotopic (exact) mass is 277 g/mol. The molecule has 0 bridgehead atoms. The molecule has 1 heterocycles. The van der Waals surface area contributed by atoms with E-state index in [1.165, 1.54) is 13.2 Å². The van der Waals surface area contributed by atoms with Crippen molar-refractivity contribution in [1.82, 2.24) is 14.8 Å². The topological polar surface area (TPSA) is 86.9 Å². The second-order valence-corrected chi connectivity index (χ2v) is 4.18. The number of aromatic nitrogens is 3. The minimum Gasteiger partial charge on any atom is -0.495 e. The van der Waals surface area contributed by atoms with Crippen LogP contribution in [0.2, 0.25) is 0 Å². The number of anilines is 1. The van der Waals surface area contributed by atoms with Gasteiger partial charge in [0, 0.05) is 20.2 Å². The summed E-state index contributed by atoms with van der Waals surface area (Å²) in [6.07, 6.45) is 0. The highest BCUT2D eigenvalue weighted by molar-refractivity contribution is 5.51. The number of H-pyrrole nitrogens is 1. The summed E-state index contributed by atoms with van der Waals surface area (Å²) in [5, 5.41) is 12.8. The molecule has 1 aromatic heterocycles. The Morgan fingerprint density at radius 2 is 2.20 bits per heavy atom. The van der Waals surface area contributed by atoms with Crippen LogP contribution in [0.1, 0.15) is 5.56 Å². The molecule has 0 atom stereocenters. The number of aromatic amines is 1. The number of rotatable bonds is 3. The maximum atomic E-state index is 14.0. The van der Waals surface area contributed by atoms with Gasteiger partial charge in [0.15, 0.2) is 5.82 Å². The minimum atomic E-state index is -0.735. The Bertz CT molecular complexity index is 741. The molecule has 0 saturated carbocycles. The summed E-state index contributed by atoms with van der Waals surface area (Å²) < 4.78 is 19.9. The van der Waals surface area contributed by atoms with Crippen molar-refractivity contribution in [2.75, 3.05) is 26.1 Å². The molecule has 2 aromatic rings. The van der Waals surface area contributed by atoms with Crippen molar-refractivity contribution in [2.45, 2.75) is 0 Å². The highest BCUT2D eigenvalue weighted by atomic mass is 19.1. The summed E-state index contributed by atoms with van der Waals surface area (Å²) in [6.45, 7) is 0. The highest BCUT2D eigenvalue weighted by Gasteiger charge is 2.16. The fourth-order valence-corrected chi connectivity index (χ4v) is 1.64. The van der Waals surface area contributed by atoms with E-state index < -0.39 is 11.5 Å². The fraction of sp³-hybridized carbons (Fsp3) is 0.250. The van der Waals surface area contributed by atoms with Gasteiger partial charge in [-0.2, -0.15) is 9.94 Å². The Morgan fingerprint density at radius 1 is 1.50 bits per heavy atom. The second-order valence-electron chi connectivity index (χ2n) is 4.18. The molecule has 104 valence electrons. The smallest absolute Gasteiger partial charge is 0.349 e. The van der Waals surface area contributed by atoms with Crippen molar-refractivity contribution in [1.29, 1.82) is 5.26 Å². The van der Waals surface area contributed by atoms with Gasteiger partial charge in [-0.25, -0.2) is 9.18 Å². The van der Waals surface area contributed by atoms with Gasteiger partial charge in [0.25, 0.3) is 0 Å². The molecule has 0 unspecified atom stereocenters. The van der Waals surface area contributed by atoms with E-state index in [4.69, 9.17) is 10.00 Å². The van der Waals surface area contributed by atoms with Gasteiger partial charge in [-0.1, -0.05) is 0 Å². The normalized spacial score (nSPS) is 10.2. The summed E-state index contributed by atoms with van der Waals surface area (Å²) >= 11 is 0. The van der Waals surface area contributed by atoms with Crippen molar-refractivity contribution >= 4 is 5.95 Å². The number of halogens is 1. The van der Waals surface area contributed by atoms with E-state index in [-0.39, 0.29) is 22.9 Å². The summed E-state index contributed by atoms with van der Waals surface area (Å²) in [4.78, 5) is 15.9. The predicted octanol–water partition coefficient (Wildman–Crippen LogP) is 0.646. The Kier molecular flexibility index (Phi) is 3.43. The lowest BCUT2D eigenvalue weighted by molar-refractivity contribution is 0.411. The van der Waals surface area contributed by atoms with Crippen LogP contribution in [0.3, 0.4) is 0 Å². The van der Waals surface area contributed by atoms with E-state index in [2.05, 4.69) is 10.1 Å². The largest absolute Gasteiger partial charge is 0.495 e. The zero-order valence-electron chi connectivity index (χ0n) is 11.1. The molecule has 0 amide bonds. The van der Waals surface area contributed by atoms with Gasteiger partial charge in [-0.05, 0) is 6.07 Å². The molecule has 0 radical (unpaired) electrons.